The maximum absolute atomic E-state index is 12.9. The molecule has 1 atom stereocenters. The number of hydrogen-bond acceptors (Lipinski definition) is 3. The van der Waals surface area contributed by atoms with Crippen LogP contribution >= 0.6 is 0 Å². The van der Waals surface area contributed by atoms with Crippen molar-refractivity contribution in [2.24, 2.45) is 5.92 Å². The summed E-state index contributed by atoms with van der Waals surface area (Å²) in [6, 6.07) is 2.20. The minimum Gasteiger partial charge on any atom is -0.373 e. The van der Waals surface area contributed by atoms with E-state index in [1.165, 1.54) is 0 Å². The van der Waals surface area contributed by atoms with Crippen LogP contribution in [0.1, 0.15) is 31.7 Å². The molecular formula is C14H20F3N3. The van der Waals surface area contributed by atoms with Crippen molar-refractivity contribution in [3.05, 3.63) is 17.7 Å². The predicted octanol–water partition coefficient (Wildman–Crippen LogP) is 3.77. The number of pyridine rings is 1. The second-order valence-electron chi connectivity index (χ2n) is 5.37. The van der Waals surface area contributed by atoms with Gasteiger partial charge in [-0.25, -0.2) is 4.98 Å². The molecule has 0 spiro atoms. The number of halogens is 3. The number of nitrogens with zero attached hydrogens (tertiary/aromatic N) is 2. The Morgan fingerprint density at radius 1 is 1.25 bits per heavy atom. The summed E-state index contributed by atoms with van der Waals surface area (Å²) >= 11 is 0. The number of alkyl halides is 3. The molecule has 2 rings (SSSR count). The zero-order chi connectivity index (χ0) is 14.8. The highest BCUT2D eigenvalue weighted by Gasteiger charge is 2.32. The zero-order valence-corrected chi connectivity index (χ0v) is 11.8. The van der Waals surface area contributed by atoms with Gasteiger partial charge in [-0.2, -0.15) is 13.2 Å². The first-order valence-corrected chi connectivity index (χ1v) is 6.92. The number of hydrogen-bond donors (Lipinski definition) is 1. The van der Waals surface area contributed by atoms with Gasteiger partial charge in [-0.05, 0) is 37.3 Å². The average Bonchev–Trinajstić information content (AvgIpc) is 2.62. The third-order valence-electron chi connectivity index (χ3n) is 3.74. The summed E-state index contributed by atoms with van der Waals surface area (Å²) in [4.78, 5) is 6.23. The molecule has 0 radical (unpaired) electrons. The van der Waals surface area contributed by atoms with Gasteiger partial charge in [0.2, 0.25) is 0 Å². The first kappa shape index (κ1) is 14.9. The summed E-state index contributed by atoms with van der Waals surface area (Å²) < 4.78 is 38.8. The van der Waals surface area contributed by atoms with Gasteiger partial charge in [0.1, 0.15) is 11.6 Å². The lowest BCUT2D eigenvalue weighted by Gasteiger charge is -2.23. The van der Waals surface area contributed by atoms with Gasteiger partial charge in [0.15, 0.2) is 0 Å². The molecule has 0 aliphatic carbocycles. The fraction of sp³-hybridized carbons (Fsp3) is 0.643. The van der Waals surface area contributed by atoms with Gasteiger partial charge in [0.05, 0.1) is 5.56 Å². The van der Waals surface area contributed by atoms with Crippen LogP contribution in [0, 0.1) is 5.92 Å². The van der Waals surface area contributed by atoms with E-state index in [0.29, 0.717) is 11.7 Å². The normalized spacial score (nSPS) is 20.6. The Kier molecular flexibility index (Phi) is 4.40. The average molecular weight is 287 g/mol. The molecule has 0 amide bonds. The second kappa shape index (κ2) is 5.89. The van der Waals surface area contributed by atoms with Crippen molar-refractivity contribution in [3.8, 4) is 0 Å². The molecule has 112 valence electrons. The van der Waals surface area contributed by atoms with Crippen molar-refractivity contribution >= 4 is 11.6 Å². The van der Waals surface area contributed by atoms with E-state index in [9.17, 15) is 13.2 Å². The highest BCUT2D eigenvalue weighted by Crippen LogP contribution is 2.33. The van der Waals surface area contributed by atoms with E-state index in [4.69, 9.17) is 0 Å². The zero-order valence-electron chi connectivity index (χ0n) is 11.8. The summed E-state index contributed by atoms with van der Waals surface area (Å²) in [5.74, 6) is 1.29. The van der Waals surface area contributed by atoms with E-state index in [-0.39, 0.29) is 5.82 Å². The number of nitrogens with one attached hydrogen (secondary N) is 1. The Balaban J connectivity index is 2.30. The molecule has 1 aromatic rings. The van der Waals surface area contributed by atoms with Crippen LogP contribution in [-0.4, -0.2) is 25.1 Å². The van der Waals surface area contributed by atoms with E-state index in [1.807, 2.05) is 4.90 Å². The van der Waals surface area contributed by atoms with Crippen LogP contribution < -0.4 is 10.2 Å². The molecule has 1 fully saturated rings. The lowest BCUT2D eigenvalue weighted by Crippen LogP contribution is -2.26. The Bertz CT molecular complexity index is 459. The largest absolute Gasteiger partial charge is 0.416 e. The van der Waals surface area contributed by atoms with E-state index < -0.39 is 11.7 Å². The molecule has 0 saturated carbocycles. The highest BCUT2D eigenvalue weighted by atomic mass is 19.4. The maximum atomic E-state index is 12.9. The topological polar surface area (TPSA) is 28.2 Å². The van der Waals surface area contributed by atoms with Crippen LogP contribution in [0.5, 0.6) is 0 Å². The van der Waals surface area contributed by atoms with Crippen LogP contribution in [0.25, 0.3) is 0 Å². The molecule has 1 aliphatic heterocycles. The number of aromatic nitrogens is 1. The first-order chi connectivity index (χ1) is 9.40. The number of anilines is 2. The molecule has 3 nitrogen and oxygen atoms in total. The lowest BCUT2D eigenvalue weighted by molar-refractivity contribution is -0.137. The minimum atomic E-state index is -4.34. The van der Waals surface area contributed by atoms with Crippen molar-refractivity contribution in [3.63, 3.8) is 0 Å². The standard InChI is InChI=1S/C14H20F3N3/c1-10-4-3-6-20(7-5-10)13-9-11(14(15,16)17)8-12(18-2)19-13/h8-10H,3-7H2,1-2H3,(H,18,19). The SMILES string of the molecule is CNc1cc(C(F)(F)F)cc(N2CCCC(C)CC2)n1. The van der Waals surface area contributed by atoms with E-state index >= 15 is 0 Å². The van der Waals surface area contributed by atoms with Gasteiger partial charge in [-0.3, -0.25) is 0 Å². The molecule has 1 unspecified atom stereocenters. The fourth-order valence-electron chi connectivity index (χ4n) is 2.46. The van der Waals surface area contributed by atoms with Gasteiger partial charge < -0.3 is 10.2 Å². The fourth-order valence-corrected chi connectivity index (χ4v) is 2.46. The predicted molar refractivity (Wildman–Crippen MR) is 74.0 cm³/mol. The van der Waals surface area contributed by atoms with Crippen LogP contribution in [0.2, 0.25) is 0 Å². The molecule has 1 aromatic heterocycles. The molecule has 1 N–H and O–H groups in total. The molecule has 0 aromatic carbocycles. The van der Waals surface area contributed by atoms with Crippen molar-refractivity contribution in [2.75, 3.05) is 30.4 Å². The summed E-state index contributed by atoms with van der Waals surface area (Å²) in [6.45, 7) is 3.71. The molecule has 1 aliphatic rings. The Labute approximate surface area is 117 Å². The third kappa shape index (κ3) is 3.55. The Morgan fingerprint density at radius 2 is 2.00 bits per heavy atom. The molecule has 2 heterocycles. The van der Waals surface area contributed by atoms with Gasteiger partial charge in [-0.1, -0.05) is 6.92 Å². The molecule has 6 heteroatoms. The van der Waals surface area contributed by atoms with Crippen molar-refractivity contribution in [1.82, 2.24) is 4.98 Å². The van der Waals surface area contributed by atoms with Gasteiger partial charge in [0, 0.05) is 20.1 Å². The van der Waals surface area contributed by atoms with Crippen LogP contribution in [0.4, 0.5) is 24.8 Å². The smallest absolute Gasteiger partial charge is 0.373 e. The van der Waals surface area contributed by atoms with Crippen molar-refractivity contribution < 1.29 is 13.2 Å². The summed E-state index contributed by atoms with van der Waals surface area (Å²) in [6.07, 6.45) is -1.24. The molecular weight excluding hydrogens is 267 g/mol. The van der Waals surface area contributed by atoms with Crippen molar-refractivity contribution in [2.45, 2.75) is 32.4 Å². The van der Waals surface area contributed by atoms with Crippen molar-refractivity contribution in [1.29, 1.82) is 0 Å². The van der Waals surface area contributed by atoms with Gasteiger partial charge >= 0.3 is 6.18 Å². The number of rotatable bonds is 2. The molecule has 20 heavy (non-hydrogen) atoms. The van der Waals surface area contributed by atoms with Gasteiger partial charge in [-0.15, -0.1) is 0 Å². The van der Waals surface area contributed by atoms with E-state index in [2.05, 4.69) is 17.2 Å². The summed E-state index contributed by atoms with van der Waals surface area (Å²) in [5.41, 5.74) is -0.649. The second-order valence-corrected chi connectivity index (χ2v) is 5.37. The Hall–Kier alpha value is -1.46. The third-order valence-corrected chi connectivity index (χ3v) is 3.74. The van der Waals surface area contributed by atoms with Crippen LogP contribution in [0.15, 0.2) is 12.1 Å². The van der Waals surface area contributed by atoms with Gasteiger partial charge in [0.25, 0.3) is 0 Å². The van der Waals surface area contributed by atoms with E-state index in [1.54, 1.807) is 7.05 Å². The monoisotopic (exact) mass is 287 g/mol. The van der Waals surface area contributed by atoms with Crippen LogP contribution in [0.3, 0.4) is 0 Å². The lowest BCUT2D eigenvalue weighted by atomic mass is 10.0. The summed E-state index contributed by atoms with van der Waals surface area (Å²) in [7, 11) is 1.58. The minimum absolute atomic E-state index is 0.257. The van der Waals surface area contributed by atoms with Crippen LogP contribution in [-0.2, 0) is 6.18 Å². The Morgan fingerprint density at radius 3 is 2.65 bits per heavy atom. The highest BCUT2D eigenvalue weighted by molar-refractivity contribution is 5.51. The molecule has 0 bridgehead atoms. The van der Waals surface area contributed by atoms with E-state index in [0.717, 1.165) is 44.5 Å². The molecule has 1 saturated heterocycles. The summed E-state index contributed by atoms with van der Waals surface area (Å²) in [5, 5.41) is 2.71. The quantitative estimate of drug-likeness (QED) is 0.897. The maximum Gasteiger partial charge on any atom is 0.416 e. The first-order valence-electron chi connectivity index (χ1n) is 6.92.